The monoisotopic (exact) mass is 206 g/mol. The molecule has 0 aliphatic carbocycles. The largest absolute Gasteiger partial charge is 0.240 e. The molecule has 2 rings (SSSR count). The zero-order valence-corrected chi connectivity index (χ0v) is 8.70. The second-order valence-electron chi connectivity index (χ2n) is 3.16. The van der Waals surface area contributed by atoms with E-state index in [0.29, 0.717) is 5.88 Å². The van der Waals surface area contributed by atoms with E-state index in [-0.39, 0.29) is 0 Å². The summed E-state index contributed by atoms with van der Waals surface area (Å²) < 4.78 is 1.85. The average Bonchev–Trinajstić information content (AvgIpc) is 2.65. The standard InChI is InChI=1S/C11H11ClN2/c1-9-6-7-14(13-9)11-5-3-2-4-10(11)8-12/h2-7H,8H2,1H3. The molecule has 0 radical (unpaired) electrons. The Labute approximate surface area is 88.1 Å². The minimum absolute atomic E-state index is 0.509. The summed E-state index contributed by atoms with van der Waals surface area (Å²) in [4.78, 5) is 0. The van der Waals surface area contributed by atoms with E-state index in [1.807, 2.05) is 48.1 Å². The van der Waals surface area contributed by atoms with E-state index in [1.165, 1.54) is 0 Å². The van der Waals surface area contributed by atoms with Crippen molar-refractivity contribution in [2.45, 2.75) is 12.8 Å². The highest BCUT2D eigenvalue weighted by atomic mass is 35.5. The predicted molar refractivity (Wildman–Crippen MR) is 57.9 cm³/mol. The summed E-state index contributed by atoms with van der Waals surface area (Å²) in [5.74, 6) is 0.509. The fourth-order valence-corrected chi connectivity index (χ4v) is 1.62. The number of aryl methyl sites for hydroxylation is 1. The van der Waals surface area contributed by atoms with Gasteiger partial charge in [-0.2, -0.15) is 5.10 Å². The van der Waals surface area contributed by atoms with E-state index in [2.05, 4.69) is 5.10 Å². The van der Waals surface area contributed by atoms with Crippen molar-refractivity contribution in [2.24, 2.45) is 0 Å². The maximum absolute atomic E-state index is 5.85. The third kappa shape index (κ3) is 1.66. The number of hydrogen-bond donors (Lipinski definition) is 0. The second-order valence-corrected chi connectivity index (χ2v) is 3.43. The predicted octanol–water partition coefficient (Wildman–Crippen LogP) is 2.92. The van der Waals surface area contributed by atoms with Crippen molar-refractivity contribution in [1.29, 1.82) is 0 Å². The van der Waals surface area contributed by atoms with Crippen molar-refractivity contribution in [2.75, 3.05) is 0 Å². The van der Waals surface area contributed by atoms with E-state index in [9.17, 15) is 0 Å². The summed E-state index contributed by atoms with van der Waals surface area (Å²) in [5, 5.41) is 4.35. The molecule has 0 spiro atoms. The summed E-state index contributed by atoms with van der Waals surface area (Å²) in [6.07, 6.45) is 1.95. The van der Waals surface area contributed by atoms with Gasteiger partial charge in [-0.25, -0.2) is 4.68 Å². The lowest BCUT2D eigenvalue weighted by Crippen LogP contribution is -1.98. The first-order valence-electron chi connectivity index (χ1n) is 4.48. The van der Waals surface area contributed by atoms with Crippen LogP contribution >= 0.6 is 11.6 Å². The zero-order valence-electron chi connectivity index (χ0n) is 7.94. The van der Waals surface area contributed by atoms with Gasteiger partial charge in [0.1, 0.15) is 0 Å². The van der Waals surface area contributed by atoms with Gasteiger partial charge in [-0.15, -0.1) is 11.6 Å². The zero-order chi connectivity index (χ0) is 9.97. The third-order valence-corrected chi connectivity index (χ3v) is 2.39. The van der Waals surface area contributed by atoms with Crippen LogP contribution in [0.5, 0.6) is 0 Å². The van der Waals surface area contributed by atoms with Crippen molar-refractivity contribution in [3.8, 4) is 5.69 Å². The summed E-state index contributed by atoms with van der Waals surface area (Å²) in [7, 11) is 0. The second kappa shape index (κ2) is 3.84. The van der Waals surface area contributed by atoms with Gasteiger partial charge < -0.3 is 0 Å². The molecule has 0 unspecified atom stereocenters. The number of alkyl halides is 1. The first-order chi connectivity index (χ1) is 6.81. The molecule has 0 atom stereocenters. The molecule has 0 aliphatic rings. The van der Waals surface area contributed by atoms with Crippen LogP contribution in [0.1, 0.15) is 11.3 Å². The van der Waals surface area contributed by atoms with Gasteiger partial charge in [0.05, 0.1) is 11.4 Å². The quantitative estimate of drug-likeness (QED) is 0.691. The van der Waals surface area contributed by atoms with E-state index >= 15 is 0 Å². The van der Waals surface area contributed by atoms with Crippen LogP contribution in [0.2, 0.25) is 0 Å². The number of halogens is 1. The van der Waals surface area contributed by atoms with Gasteiger partial charge in [0.15, 0.2) is 0 Å². The highest BCUT2D eigenvalue weighted by Gasteiger charge is 2.02. The van der Waals surface area contributed by atoms with Gasteiger partial charge in [-0.3, -0.25) is 0 Å². The van der Waals surface area contributed by atoms with Crippen LogP contribution in [0.3, 0.4) is 0 Å². The number of benzene rings is 1. The summed E-state index contributed by atoms with van der Waals surface area (Å²) in [6, 6.07) is 9.98. The summed E-state index contributed by atoms with van der Waals surface area (Å²) >= 11 is 5.85. The van der Waals surface area contributed by atoms with Crippen molar-refractivity contribution >= 4 is 11.6 Å². The summed E-state index contributed by atoms with van der Waals surface area (Å²) in [6.45, 7) is 1.97. The van der Waals surface area contributed by atoms with Crippen LogP contribution in [0.15, 0.2) is 36.5 Å². The lowest BCUT2D eigenvalue weighted by atomic mass is 10.2. The number of para-hydroxylation sites is 1. The van der Waals surface area contributed by atoms with Crippen LogP contribution in [0.4, 0.5) is 0 Å². The molecular weight excluding hydrogens is 196 g/mol. The Hall–Kier alpha value is -1.28. The normalized spacial score (nSPS) is 10.4. The summed E-state index contributed by atoms with van der Waals surface area (Å²) in [5.41, 5.74) is 3.15. The molecule has 3 heteroatoms. The van der Waals surface area contributed by atoms with Crippen LogP contribution < -0.4 is 0 Å². The van der Waals surface area contributed by atoms with Crippen LogP contribution in [-0.2, 0) is 5.88 Å². The SMILES string of the molecule is Cc1ccn(-c2ccccc2CCl)n1. The number of aromatic nitrogens is 2. The minimum atomic E-state index is 0.509. The molecule has 0 aliphatic heterocycles. The Bertz CT molecular complexity index is 434. The van der Waals surface area contributed by atoms with Crippen LogP contribution in [0.25, 0.3) is 5.69 Å². The molecule has 0 fully saturated rings. The van der Waals surface area contributed by atoms with E-state index in [4.69, 9.17) is 11.6 Å². The van der Waals surface area contributed by atoms with Gasteiger partial charge >= 0.3 is 0 Å². The van der Waals surface area contributed by atoms with Gasteiger partial charge in [-0.05, 0) is 24.6 Å². The van der Waals surface area contributed by atoms with Gasteiger partial charge in [0, 0.05) is 12.1 Å². The molecule has 0 bridgehead atoms. The molecule has 72 valence electrons. The van der Waals surface area contributed by atoms with Crippen molar-refractivity contribution in [1.82, 2.24) is 9.78 Å². The van der Waals surface area contributed by atoms with Crippen LogP contribution in [-0.4, -0.2) is 9.78 Å². The van der Waals surface area contributed by atoms with Gasteiger partial charge in [-0.1, -0.05) is 18.2 Å². The Morgan fingerprint density at radius 2 is 2.07 bits per heavy atom. The first-order valence-corrected chi connectivity index (χ1v) is 5.01. The molecule has 2 aromatic rings. The Kier molecular flexibility index (Phi) is 2.55. The van der Waals surface area contributed by atoms with Crippen molar-refractivity contribution in [3.05, 3.63) is 47.8 Å². The third-order valence-electron chi connectivity index (χ3n) is 2.10. The molecule has 1 heterocycles. The highest BCUT2D eigenvalue weighted by molar-refractivity contribution is 6.17. The van der Waals surface area contributed by atoms with Crippen molar-refractivity contribution < 1.29 is 0 Å². The Balaban J connectivity index is 2.50. The fourth-order valence-electron chi connectivity index (χ4n) is 1.40. The lowest BCUT2D eigenvalue weighted by Gasteiger charge is -2.05. The van der Waals surface area contributed by atoms with Gasteiger partial charge in [0.25, 0.3) is 0 Å². The van der Waals surface area contributed by atoms with E-state index in [0.717, 1.165) is 16.9 Å². The molecule has 2 nitrogen and oxygen atoms in total. The Morgan fingerprint density at radius 1 is 1.29 bits per heavy atom. The molecule has 0 amide bonds. The Morgan fingerprint density at radius 3 is 2.71 bits per heavy atom. The number of nitrogens with zero attached hydrogens (tertiary/aromatic N) is 2. The molecule has 1 aromatic carbocycles. The smallest absolute Gasteiger partial charge is 0.0689 e. The fraction of sp³-hybridized carbons (Fsp3) is 0.182. The average molecular weight is 207 g/mol. The molecular formula is C11H11ClN2. The maximum atomic E-state index is 5.85. The number of hydrogen-bond acceptors (Lipinski definition) is 1. The van der Waals surface area contributed by atoms with Crippen molar-refractivity contribution in [3.63, 3.8) is 0 Å². The topological polar surface area (TPSA) is 17.8 Å². The maximum Gasteiger partial charge on any atom is 0.0689 e. The van der Waals surface area contributed by atoms with Crippen LogP contribution in [0, 0.1) is 6.92 Å². The molecule has 14 heavy (non-hydrogen) atoms. The van der Waals surface area contributed by atoms with E-state index in [1.54, 1.807) is 0 Å². The number of rotatable bonds is 2. The lowest BCUT2D eigenvalue weighted by molar-refractivity contribution is 0.854. The molecule has 1 aromatic heterocycles. The van der Waals surface area contributed by atoms with E-state index < -0.39 is 0 Å². The molecule has 0 saturated heterocycles. The van der Waals surface area contributed by atoms with Gasteiger partial charge in [0.2, 0.25) is 0 Å². The molecule has 0 N–H and O–H groups in total. The minimum Gasteiger partial charge on any atom is -0.240 e. The first kappa shape index (κ1) is 9.28. The molecule has 0 saturated carbocycles. The highest BCUT2D eigenvalue weighted by Crippen LogP contribution is 2.15.